The molecule has 1 aliphatic carbocycles. The van der Waals surface area contributed by atoms with E-state index in [9.17, 15) is 13.2 Å². The molecule has 88 valence electrons. The molecule has 0 radical (unpaired) electrons. The van der Waals surface area contributed by atoms with Crippen LogP contribution in [0, 0.1) is 0 Å². The van der Waals surface area contributed by atoms with Crippen LogP contribution < -0.4 is 5.73 Å². The minimum atomic E-state index is -4.22. The normalized spacial score (nSPS) is 18.4. The number of nitrogens with two attached hydrogens (primary N) is 1. The van der Waals surface area contributed by atoms with Gasteiger partial charge in [-0.1, -0.05) is 0 Å². The van der Waals surface area contributed by atoms with E-state index in [1.54, 1.807) is 13.8 Å². The minimum absolute atomic E-state index is 0.00447. The monoisotopic (exact) mass is 223 g/mol. The van der Waals surface area contributed by atoms with Crippen molar-refractivity contribution in [1.29, 1.82) is 0 Å². The molecule has 0 heterocycles. The molecule has 2 N–H and O–H groups in total. The molecular weight excluding hydrogens is 207 g/mol. The Hall–Kier alpha value is -0.940. The molecule has 0 aromatic heterocycles. The van der Waals surface area contributed by atoms with E-state index in [0.717, 1.165) is 17.7 Å². The summed E-state index contributed by atoms with van der Waals surface area (Å²) in [5, 5.41) is 0. The van der Waals surface area contributed by atoms with Crippen LogP contribution in [0.25, 0.3) is 0 Å². The largest absolute Gasteiger partial charge is 0.406 e. The van der Waals surface area contributed by atoms with Gasteiger partial charge in [0.05, 0.1) is 0 Å². The average Bonchev–Trinajstić information content (AvgIpc) is 2.78. The van der Waals surface area contributed by atoms with Crippen LogP contribution in [0.2, 0.25) is 0 Å². The van der Waals surface area contributed by atoms with Gasteiger partial charge in [-0.3, -0.25) is 4.99 Å². The lowest BCUT2D eigenvalue weighted by Gasteiger charge is -2.25. The van der Waals surface area contributed by atoms with Gasteiger partial charge in [-0.05, 0) is 26.7 Å². The van der Waals surface area contributed by atoms with Gasteiger partial charge in [0, 0.05) is 12.1 Å². The Morgan fingerprint density at radius 1 is 1.47 bits per heavy atom. The van der Waals surface area contributed by atoms with E-state index in [2.05, 4.69) is 4.99 Å². The maximum atomic E-state index is 12.2. The second kappa shape index (κ2) is 4.28. The summed E-state index contributed by atoms with van der Waals surface area (Å²) in [7, 11) is 0. The summed E-state index contributed by atoms with van der Waals surface area (Å²) in [4.78, 5) is 5.10. The fourth-order valence-electron chi connectivity index (χ4n) is 1.32. The van der Waals surface area contributed by atoms with Crippen molar-refractivity contribution in [3.63, 3.8) is 0 Å². The van der Waals surface area contributed by atoms with Crippen molar-refractivity contribution in [3.05, 3.63) is 0 Å². The smallest absolute Gasteiger partial charge is 0.370 e. The highest BCUT2D eigenvalue weighted by Crippen LogP contribution is 2.29. The fraction of sp³-hybridized carbons (Fsp3) is 0.889. The van der Waals surface area contributed by atoms with Crippen molar-refractivity contribution in [2.45, 2.75) is 44.9 Å². The van der Waals surface area contributed by atoms with E-state index in [1.807, 2.05) is 0 Å². The van der Waals surface area contributed by atoms with Crippen molar-refractivity contribution in [1.82, 2.24) is 4.90 Å². The van der Waals surface area contributed by atoms with Gasteiger partial charge in [0.15, 0.2) is 5.96 Å². The summed E-state index contributed by atoms with van der Waals surface area (Å²) in [6, 6.07) is -0.159. The number of hydrogen-bond acceptors (Lipinski definition) is 1. The third-order valence-electron chi connectivity index (χ3n) is 2.02. The molecule has 0 unspecified atom stereocenters. The SMILES string of the molecule is CC(C)N=C(N)N(CC(F)(F)F)C1CC1. The molecule has 0 aliphatic heterocycles. The van der Waals surface area contributed by atoms with Crippen molar-refractivity contribution in [2.24, 2.45) is 10.7 Å². The van der Waals surface area contributed by atoms with E-state index in [4.69, 9.17) is 5.73 Å². The molecule has 0 spiro atoms. The summed E-state index contributed by atoms with van der Waals surface area (Å²) in [6.45, 7) is 2.57. The van der Waals surface area contributed by atoms with E-state index in [0.29, 0.717) is 0 Å². The molecule has 6 heteroatoms. The Balaban J connectivity index is 2.65. The van der Waals surface area contributed by atoms with Gasteiger partial charge in [0.1, 0.15) is 6.54 Å². The number of rotatable bonds is 3. The Morgan fingerprint density at radius 2 is 2.00 bits per heavy atom. The number of guanidine groups is 1. The quantitative estimate of drug-likeness (QED) is 0.585. The second-order valence-electron chi connectivity index (χ2n) is 4.06. The first-order valence-corrected chi connectivity index (χ1v) is 4.96. The van der Waals surface area contributed by atoms with Crippen LogP contribution in [0.3, 0.4) is 0 Å². The predicted molar refractivity (Wildman–Crippen MR) is 52.5 cm³/mol. The van der Waals surface area contributed by atoms with Crippen molar-refractivity contribution in [2.75, 3.05) is 6.54 Å². The predicted octanol–water partition coefficient (Wildman–Crippen LogP) is 1.74. The molecular formula is C9H16F3N3. The van der Waals surface area contributed by atoms with E-state index in [1.165, 1.54) is 0 Å². The van der Waals surface area contributed by atoms with Crippen molar-refractivity contribution in [3.8, 4) is 0 Å². The Bertz CT molecular complexity index is 243. The topological polar surface area (TPSA) is 41.6 Å². The molecule has 0 bridgehead atoms. The van der Waals surface area contributed by atoms with Crippen LogP contribution in [-0.4, -0.2) is 35.7 Å². The zero-order chi connectivity index (χ0) is 11.6. The molecule has 0 saturated heterocycles. The molecule has 0 atom stereocenters. The molecule has 15 heavy (non-hydrogen) atoms. The van der Waals surface area contributed by atoms with E-state index < -0.39 is 12.7 Å². The van der Waals surface area contributed by atoms with Crippen LogP contribution in [-0.2, 0) is 0 Å². The van der Waals surface area contributed by atoms with Gasteiger partial charge in [-0.2, -0.15) is 13.2 Å². The fourth-order valence-corrected chi connectivity index (χ4v) is 1.32. The summed E-state index contributed by atoms with van der Waals surface area (Å²) in [5.41, 5.74) is 5.54. The lowest BCUT2D eigenvalue weighted by atomic mass is 10.4. The van der Waals surface area contributed by atoms with Crippen molar-refractivity contribution >= 4 is 5.96 Å². The Kier molecular flexibility index (Phi) is 3.46. The molecule has 1 fully saturated rings. The zero-order valence-electron chi connectivity index (χ0n) is 8.88. The number of nitrogens with zero attached hydrogens (tertiary/aromatic N) is 2. The first-order chi connectivity index (χ1) is 6.79. The highest BCUT2D eigenvalue weighted by atomic mass is 19.4. The van der Waals surface area contributed by atoms with Crippen LogP contribution >= 0.6 is 0 Å². The third-order valence-corrected chi connectivity index (χ3v) is 2.02. The average molecular weight is 223 g/mol. The van der Waals surface area contributed by atoms with Gasteiger partial charge < -0.3 is 10.6 Å². The summed E-state index contributed by atoms with van der Waals surface area (Å²) < 4.78 is 36.7. The molecule has 3 nitrogen and oxygen atoms in total. The van der Waals surface area contributed by atoms with Gasteiger partial charge in [-0.25, -0.2) is 0 Å². The first-order valence-electron chi connectivity index (χ1n) is 4.96. The molecule has 0 aromatic carbocycles. The minimum Gasteiger partial charge on any atom is -0.370 e. The summed E-state index contributed by atoms with van der Waals surface area (Å²) >= 11 is 0. The summed E-state index contributed by atoms with van der Waals surface area (Å²) in [6.07, 6.45) is -2.69. The van der Waals surface area contributed by atoms with E-state index in [-0.39, 0.29) is 18.0 Å². The number of alkyl halides is 3. The lowest BCUT2D eigenvalue weighted by Crippen LogP contribution is -2.45. The summed E-state index contributed by atoms with van der Waals surface area (Å²) in [5.74, 6) is 0.00447. The maximum Gasteiger partial charge on any atom is 0.406 e. The van der Waals surface area contributed by atoms with Gasteiger partial charge in [0.25, 0.3) is 0 Å². The van der Waals surface area contributed by atoms with Crippen LogP contribution in [0.4, 0.5) is 13.2 Å². The standard InChI is InChI=1S/C9H16F3N3/c1-6(2)14-8(13)15(7-3-4-7)5-9(10,11)12/h6-7H,3-5H2,1-2H3,(H2,13,14). The lowest BCUT2D eigenvalue weighted by molar-refractivity contribution is -0.138. The van der Waals surface area contributed by atoms with E-state index >= 15 is 0 Å². The zero-order valence-corrected chi connectivity index (χ0v) is 8.88. The second-order valence-corrected chi connectivity index (χ2v) is 4.06. The molecule has 0 aromatic rings. The van der Waals surface area contributed by atoms with Gasteiger partial charge in [-0.15, -0.1) is 0 Å². The van der Waals surface area contributed by atoms with Gasteiger partial charge in [0.2, 0.25) is 0 Å². The molecule has 0 amide bonds. The molecule has 1 aliphatic rings. The van der Waals surface area contributed by atoms with Crippen LogP contribution in [0.1, 0.15) is 26.7 Å². The van der Waals surface area contributed by atoms with Crippen LogP contribution in [0.5, 0.6) is 0 Å². The number of hydrogen-bond donors (Lipinski definition) is 1. The Morgan fingerprint density at radius 3 is 2.33 bits per heavy atom. The first kappa shape index (κ1) is 12.1. The van der Waals surface area contributed by atoms with Crippen molar-refractivity contribution < 1.29 is 13.2 Å². The van der Waals surface area contributed by atoms with Crippen LogP contribution in [0.15, 0.2) is 4.99 Å². The molecule has 1 rings (SSSR count). The van der Waals surface area contributed by atoms with Gasteiger partial charge >= 0.3 is 6.18 Å². The number of halogens is 3. The highest BCUT2D eigenvalue weighted by molar-refractivity contribution is 5.79. The highest BCUT2D eigenvalue weighted by Gasteiger charge is 2.39. The third kappa shape index (κ3) is 4.40. The maximum absolute atomic E-state index is 12.2. The molecule has 1 saturated carbocycles. The number of aliphatic imine (C=N–C) groups is 1. The Labute approximate surface area is 87.1 Å².